The molecule has 4 aromatic rings. The Kier molecular flexibility index (Phi) is 10.3. The van der Waals surface area contributed by atoms with Gasteiger partial charge in [0.15, 0.2) is 0 Å². The normalized spacial score (nSPS) is 16.0. The summed E-state index contributed by atoms with van der Waals surface area (Å²) in [5.41, 5.74) is 0.267. The molecule has 0 atom stereocenters. The van der Waals surface area contributed by atoms with Crippen molar-refractivity contribution in [2.45, 2.75) is 105 Å². The smallest absolute Gasteiger partial charge is 0.459 e. The van der Waals surface area contributed by atoms with E-state index in [1.165, 1.54) is 4.68 Å². The van der Waals surface area contributed by atoms with Gasteiger partial charge in [0, 0.05) is 33.1 Å². The number of fused-ring (bicyclic) bond motifs is 2. The topological polar surface area (TPSA) is 107 Å². The zero-order valence-corrected chi connectivity index (χ0v) is 30.9. The molecule has 14 heteroatoms. The second kappa shape index (κ2) is 13.1. The number of nitrogens with zero attached hydrogens (tertiary/aromatic N) is 4. The molecule has 0 aliphatic carbocycles. The van der Waals surface area contributed by atoms with Gasteiger partial charge in [0.2, 0.25) is 0 Å². The van der Waals surface area contributed by atoms with E-state index in [4.69, 9.17) is 42.0 Å². The van der Waals surface area contributed by atoms with Crippen LogP contribution in [0.15, 0.2) is 41.1 Å². The van der Waals surface area contributed by atoms with Crippen molar-refractivity contribution in [3.05, 3.63) is 51.2 Å². The number of carbonyl (C=O) groups is 2. The molecule has 0 N–H and O–H groups in total. The maximum atomic E-state index is 12.1. The number of benzene rings is 2. The molecule has 1 aliphatic rings. The Morgan fingerprint density at radius 1 is 0.783 bits per heavy atom. The standard InChI is InChI=1S/C19H26BClN2O4.C13H14BrClN2O2/c1-17(2,3)25-15(24)11-23-10-12-14(22-23)9-8-13(16(12)21)20-26-18(4,5)19(6,7)27-20;1-13(2,3)19-11(18)7-17-6-8-10(16-17)5-4-9(14)12(8)15/h8-10H,11H2,1-7H3;4-6H,7H2,1-3H3. The summed E-state index contributed by atoms with van der Waals surface area (Å²) >= 11 is 16.2. The van der Waals surface area contributed by atoms with Crippen molar-refractivity contribution in [3.63, 3.8) is 0 Å². The molecular formula is C32H40BBrCl2N4O6. The van der Waals surface area contributed by atoms with Crippen LogP contribution in [0.3, 0.4) is 0 Å². The number of halogens is 3. The summed E-state index contributed by atoms with van der Waals surface area (Å²) in [5, 5.41) is 11.4. The summed E-state index contributed by atoms with van der Waals surface area (Å²) in [6.45, 7) is 19.1. The van der Waals surface area contributed by atoms with Crippen molar-refractivity contribution in [2.75, 3.05) is 0 Å². The van der Waals surface area contributed by atoms with Gasteiger partial charge in [-0.05, 0) is 103 Å². The number of hydrogen-bond acceptors (Lipinski definition) is 8. The third-order valence-electron chi connectivity index (χ3n) is 7.25. The number of hydrogen-bond donors (Lipinski definition) is 0. The van der Waals surface area contributed by atoms with Gasteiger partial charge in [-0.1, -0.05) is 29.3 Å². The Bertz CT molecular complexity index is 1760. The summed E-state index contributed by atoms with van der Waals surface area (Å²) < 4.78 is 26.7. The van der Waals surface area contributed by atoms with E-state index >= 15 is 0 Å². The number of carbonyl (C=O) groups excluding carboxylic acids is 2. The maximum Gasteiger partial charge on any atom is 0.496 e. The van der Waals surface area contributed by atoms with Crippen LogP contribution in [-0.2, 0) is 41.5 Å². The summed E-state index contributed by atoms with van der Waals surface area (Å²) in [7, 11) is -0.555. The van der Waals surface area contributed by atoms with E-state index < -0.39 is 29.5 Å². The van der Waals surface area contributed by atoms with E-state index in [9.17, 15) is 9.59 Å². The first-order valence-corrected chi connectivity index (χ1v) is 16.4. The average molecular weight is 738 g/mol. The first-order valence-electron chi connectivity index (χ1n) is 14.8. The average Bonchev–Trinajstić information content (AvgIpc) is 3.53. The van der Waals surface area contributed by atoms with Crippen LogP contribution in [0, 0.1) is 0 Å². The molecule has 3 heterocycles. The van der Waals surface area contributed by atoms with Crippen molar-refractivity contribution in [1.29, 1.82) is 0 Å². The Labute approximate surface area is 288 Å². The Balaban J connectivity index is 0.000000222. The summed E-state index contributed by atoms with van der Waals surface area (Å²) in [6.07, 6.45) is 3.49. The van der Waals surface area contributed by atoms with Crippen LogP contribution < -0.4 is 5.46 Å². The Hall–Kier alpha value is -2.64. The largest absolute Gasteiger partial charge is 0.496 e. The molecule has 0 bridgehead atoms. The first-order chi connectivity index (χ1) is 21.0. The Morgan fingerprint density at radius 2 is 1.20 bits per heavy atom. The van der Waals surface area contributed by atoms with Crippen LogP contribution in [-0.4, -0.2) is 61.0 Å². The van der Waals surface area contributed by atoms with Gasteiger partial charge in [0.05, 0.1) is 32.3 Å². The minimum atomic E-state index is -0.555. The van der Waals surface area contributed by atoms with Crippen molar-refractivity contribution in [2.24, 2.45) is 0 Å². The predicted molar refractivity (Wildman–Crippen MR) is 185 cm³/mol. The fourth-order valence-electron chi connectivity index (χ4n) is 4.53. The highest BCUT2D eigenvalue weighted by atomic mass is 79.9. The first kappa shape index (κ1) is 36.2. The van der Waals surface area contributed by atoms with Gasteiger partial charge >= 0.3 is 19.1 Å². The summed E-state index contributed by atoms with van der Waals surface area (Å²) in [6, 6.07) is 7.39. The van der Waals surface area contributed by atoms with Crippen LogP contribution in [0.1, 0.15) is 69.2 Å². The van der Waals surface area contributed by atoms with Crippen molar-refractivity contribution >= 4 is 85.5 Å². The molecule has 2 aromatic heterocycles. The van der Waals surface area contributed by atoms with Crippen LogP contribution in [0.4, 0.5) is 0 Å². The fourth-order valence-corrected chi connectivity index (χ4v) is 5.39. The van der Waals surface area contributed by atoms with E-state index in [1.54, 1.807) is 17.1 Å². The number of esters is 2. The molecule has 1 fully saturated rings. The highest BCUT2D eigenvalue weighted by molar-refractivity contribution is 9.10. The van der Waals surface area contributed by atoms with E-state index in [1.807, 2.05) is 93.5 Å². The lowest BCUT2D eigenvalue weighted by molar-refractivity contribution is -0.156. The lowest BCUT2D eigenvalue weighted by Crippen LogP contribution is -2.41. The second-order valence-electron chi connectivity index (χ2n) is 14.1. The van der Waals surface area contributed by atoms with Gasteiger partial charge in [-0.2, -0.15) is 10.2 Å². The molecule has 0 radical (unpaired) electrons. The van der Waals surface area contributed by atoms with Gasteiger partial charge in [-0.15, -0.1) is 0 Å². The molecule has 0 amide bonds. The summed E-state index contributed by atoms with van der Waals surface area (Å²) in [4.78, 5) is 23.8. The molecule has 0 spiro atoms. The van der Waals surface area contributed by atoms with E-state index in [0.717, 1.165) is 26.2 Å². The molecule has 46 heavy (non-hydrogen) atoms. The van der Waals surface area contributed by atoms with Crippen LogP contribution in [0.5, 0.6) is 0 Å². The second-order valence-corrected chi connectivity index (χ2v) is 15.7. The number of rotatable bonds is 5. The molecule has 5 rings (SSSR count). The molecule has 1 saturated heterocycles. The quantitative estimate of drug-likeness (QED) is 0.158. The molecule has 0 saturated carbocycles. The monoisotopic (exact) mass is 736 g/mol. The van der Waals surface area contributed by atoms with Gasteiger partial charge in [-0.25, -0.2) is 0 Å². The molecule has 248 valence electrons. The van der Waals surface area contributed by atoms with Gasteiger partial charge < -0.3 is 18.8 Å². The van der Waals surface area contributed by atoms with Crippen molar-refractivity contribution < 1.29 is 28.4 Å². The highest BCUT2D eigenvalue weighted by Gasteiger charge is 2.52. The van der Waals surface area contributed by atoms with Gasteiger partial charge in [-0.3, -0.25) is 19.0 Å². The van der Waals surface area contributed by atoms with Crippen LogP contribution >= 0.6 is 39.1 Å². The van der Waals surface area contributed by atoms with Gasteiger partial charge in [0.1, 0.15) is 24.3 Å². The molecule has 1 aliphatic heterocycles. The van der Waals surface area contributed by atoms with E-state index in [0.29, 0.717) is 15.6 Å². The van der Waals surface area contributed by atoms with Crippen LogP contribution in [0.25, 0.3) is 21.8 Å². The van der Waals surface area contributed by atoms with Crippen LogP contribution in [0.2, 0.25) is 10.0 Å². The SMILES string of the molecule is CC(C)(C)OC(=O)Cn1cc2c(Cl)c(B3OC(C)(C)C(C)(C)O3)ccc2n1.CC(C)(C)OC(=O)Cn1cc2c(Cl)c(Br)ccc2n1. The lowest BCUT2D eigenvalue weighted by Gasteiger charge is -2.32. The zero-order valence-electron chi connectivity index (χ0n) is 27.8. The fraction of sp³-hybridized carbons (Fsp3) is 0.500. The molecule has 0 unspecified atom stereocenters. The lowest BCUT2D eigenvalue weighted by atomic mass is 9.78. The van der Waals surface area contributed by atoms with Crippen molar-refractivity contribution in [1.82, 2.24) is 19.6 Å². The number of ether oxygens (including phenoxy) is 2. The van der Waals surface area contributed by atoms with E-state index in [-0.39, 0.29) is 25.0 Å². The minimum absolute atomic E-state index is 0.0219. The third kappa shape index (κ3) is 8.63. The molecular weight excluding hydrogens is 698 g/mol. The van der Waals surface area contributed by atoms with E-state index in [2.05, 4.69) is 26.1 Å². The zero-order chi connectivity index (χ0) is 34.4. The molecule has 2 aromatic carbocycles. The maximum absolute atomic E-state index is 12.1. The summed E-state index contributed by atoms with van der Waals surface area (Å²) in [5.74, 6) is -0.673. The molecule has 10 nitrogen and oxygen atoms in total. The number of aromatic nitrogens is 4. The highest BCUT2D eigenvalue weighted by Crippen LogP contribution is 2.37. The third-order valence-corrected chi connectivity index (χ3v) is 8.97. The predicted octanol–water partition coefficient (Wildman–Crippen LogP) is 7.12. The minimum Gasteiger partial charge on any atom is -0.459 e. The Morgan fingerprint density at radius 3 is 1.63 bits per heavy atom. The van der Waals surface area contributed by atoms with Gasteiger partial charge in [0.25, 0.3) is 0 Å². The van der Waals surface area contributed by atoms with Crippen molar-refractivity contribution in [3.8, 4) is 0 Å².